The molecule has 0 aliphatic rings. The van der Waals surface area contributed by atoms with E-state index < -0.39 is 17.6 Å². The summed E-state index contributed by atoms with van der Waals surface area (Å²) in [4.78, 5) is 21.7. The summed E-state index contributed by atoms with van der Waals surface area (Å²) in [5, 5.41) is 11.2. The average molecular weight is 231 g/mol. The van der Waals surface area contributed by atoms with E-state index in [1.807, 2.05) is 0 Å². The Kier molecular flexibility index (Phi) is 5.98. The predicted molar refractivity (Wildman–Crippen MR) is 60.7 cm³/mol. The second kappa shape index (κ2) is 6.44. The lowest BCUT2D eigenvalue weighted by Crippen LogP contribution is -2.39. The van der Waals surface area contributed by atoms with Crippen LogP contribution < -0.4 is 16.8 Å². The van der Waals surface area contributed by atoms with Crippen LogP contribution in [-0.2, 0) is 9.59 Å². The van der Waals surface area contributed by atoms with Crippen molar-refractivity contribution < 1.29 is 14.7 Å². The number of rotatable bonds is 7. The Hall–Kier alpha value is -1.14. The highest BCUT2D eigenvalue weighted by Crippen LogP contribution is 2.02. The minimum Gasteiger partial charge on any atom is -0.480 e. The van der Waals surface area contributed by atoms with Gasteiger partial charge in [-0.15, -0.1) is 0 Å². The summed E-state index contributed by atoms with van der Waals surface area (Å²) in [6.07, 6.45) is 1.14. The number of hydrogen-bond acceptors (Lipinski definition) is 4. The van der Waals surface area contributed by atoms with E-state index in [1.165, 1.54) is 0 Å². The van der Waals surface area contributed by atoms with Crippen molar-refractivity contribution in [2.24, 2.45) is 11.5 Å². The highest BCUT2D eigenvalue weighted by molar-refractivity contribution is 5.77. The van der Waals surface area contributed by atoms with Gasteiger partial charge in [0.15, 0.2) is 0 Å². The van der Waals surface area contributed by atoms with Gasteiger partial charge < -0.3 is 21.9 Å². The van der Waals surface area contributed by atoms with Gasteiger partial charge in [0, 0.05) is 18.5 Å². The third-order valence-corrected chi connectivity index (χ3v) is 1.95. The number of carbonyl (C=O) groups excluding carboxylic acids is 1. The Labute approximate surface area is 95.4 Å². The third kappa shape index (κ3) is 8.19. The smallest absolute Gasteiger partial charge is 0.320 e. The second-order valence-electron chi connectivity index (χ2n) is 4.60. The number of hydrogen-bond donors (Lipinski definition) is 4. The average Bonchev–Trinajstić information content (AvgIpc) is 2.08. The highest BCUT2D eigenvalue weighted by atomic mass is 16.4. The van der Waals surface area contributed by atoms with Crippen molar-refractivity contribution >= 4 is 11.9 Å². The van der Waals surface area contributed by atoms with Crippen LogP contribution in [0.4, 0.5) is 0 Å². The zero-order valence-corrected chi connectivity index (χ0v) is 9.82. The van der Waals surface area contributed by atoms with Gasteiger partial charge in [-0.3, -0.25) is 9.59 Å². The SMILES string of the molecule is CC(C)(N)CC(=O)NCCC[C@H](N)C(=O)O. The van der Waals surface area contributed by atoms with E-state index >= 15 is 0 Å². The molecule has 1 amide bonds. The van der Waals surface area contributed by atoms with E-state index in [0.29, 0.717) is 19.4 Å². The molecule has 0 radical (unpaired) electrons. The summed E-state index contributed by atoms with van der Waals surface area (Å²) in [7, 11) is 0. The third-order valence-electron chi connectivity index (χ3n) is 1.95. The molecule has 6 N–H and O–H groups in total. The number of nitrogens with one attached hydrogen (secondary N) is 1. The topological polar surface area (TPSA) is 118 Å². The van der Waals surface area contributed by atoms with Gasteiger partial charge in [0.05, 0.1) is 0 Å². The van der Waals surface area contributed by atoms with Crippen molar-refractivity contribution in [3.63, 3.8) is 0 Å². The van der Waals surface area contributed by atoms with Crippen LogP contribution in [-0.4, -0.2) is 35.1 Å². The molecule has 0 heterocycles. The van der Waals surface area contributed by atoms with Crippen LogP contribution in [0.15, 0.2) is 0 Å². The summed E-state index contributed by atoms with van der Waals surface area (Å²) in [5.74, 6) is -1.15. The van der Waals surface area contributed by atoms with Crippen LogP contribution in [0.3, 0.4) is 0 Å². The Morgan fingerprint density at radius 2 is 2.00 bits per heavy atom. The monoisotopic (exact) mass is 231 g/mol. The maximum absolute atomic E-state index is 11.3. The fraction of sp³-hybridized carbons (Fsp3) is 0.800. The lowest BCUT2D eigenvalue weighted by molar-refractivity contribution is -0.138. The summed E-state index contributed by atoms with van der Waals surface area (Å²) in [5.41, 5.74) is 10.4. The van der Waals surface area contributed by atoms with Crippen LogP contribution in [0.5, 0.6) is 0 Å². The molecule has 94 valence electrons. The van der Waals surface area contributed by atoms with Crippen LogP contribution in [0.1, 0.15) is 33.1 Å². The molecule has 0 aromatic rings. The second-order valence-corrected chi connectivity index (χ2v) is 4.60. The molecule has 6 heteroatoms. The molecule has 6 nitrogen and oxygen atoms in total. The van der Waals surface area contributed by atoms with Gasteiger partial charge in [0.1, 0.15) is 6.04 Å². The molecule has 0 saturated heterocycles. The standard InChI is InChI=1S/C10H21N3O3/c1-10(2,12)6-8(14)13-5-3-4-7(11)9(15)16/h7H,3-6,11-12H2,1-2H3,(H,13,14)(H,15,16)/t7-/m0/s1. The van der Waals surface area contributed by atoms with Crippen LogP contribution in [0, 0.1) is 0 Å². The minimum atomic E-state index is -1.02. The Balaban J connectivity index is 3.60. The first-order valence-corrected chi connectivity index (χ1v) is 5.26. The van der Waals surface area contributed by atoms with E-state index in [1.54, 1.807) is 13.8 Å². The molecule has 0 unspecified atom stereocenters. The van der Waals surface area contributed by atoms with Crippen molar-refractivity contribution in [2.75, 3.05) is 6.54 Å². The fourth-order valence-corrected chi connectivity index (χ4v) is 1.15. The van der Waals surface area contributed by atoms with Crippen molar-refractivity contribution in [1.29, 1.82) is 0 Å². The summed E-state index contributed by atoms with van der Waals surface area (Å²) in [6.45, 7) is 3.97. The molecule has 0 aromatic carbocycles. The molecule has 1 atom stereocenters. The largest absolute Gasteiger partial charge is 0.480 e. The van der Waals surface area contributed by atoms with Crippen molar-refractivity contribution in [1.82, 2.24) is 5.32 Å². The maximum Gasteiger partial charge on any atom is 0.320 e. The van der Waals surface area contributed by atoms with Gasteiger partial charge >= 0.3 is 5.97 Å². The van der Waals surface area contributed by atoms with Gasteiger partial charge in [-0.2, -0.15) is 0 Å². The molecule has 0 fully saturated rings. The normalized spacial score (nSPS) is 13.2. The molecule has 0 aliphatic carbocycles. The molecular weight excluding hydrogens is 210 g/mol. The first-order chi connectivity index (χ1) is 7.22. The Morgan fingerprint density at radius 3 is 2.44 bits per heavy atom. The minimum absolute atomic E-state index is 0.128. The van der Waals surface area contributed by atoms with E-state index in [0.717, 1.165) is 0 Å². The first kappa shape index (κ1) is 14.9. The van der Waals surface area contributed by atoms with E-state index in [-0.39, 0.29) is 12.3 Å². The molecule has 0 bridgehead atoms. The van der Waals surface area contributed by atoms with Crippen LogP contribution in [0.25, 0.3) is 0 Å². The molecule has 0 spiro atoms. The molecule has 16 heavy (non-hydrogen) atoms. The van der Waals surface area contributed by atoms with Gasteiger partial charge in [-0.25, -0.2) is 0 Å². The van der Waals surface area contributed by atoms with E-state index in [9.17, 15) is 9.59 Å². The van der Waals surface area contributed by atoms with Crippen molar-refractivity contribution in [3.8, 4) is 0 Å². The van der Waals surface area contributed by atoms with Crippen molar-refractivity contribution in [3.05, 3.63) is 0 Å². The molecule has 0 rings (SSSR count). The zero-order valence-electron chi connectivity index (χ0n) is 9.82. The lowest BCUT2D eigenvalue weighted by Gasteiger charge is -2.17. The van der Waals surface area contributed by atoms with Crippen molar-refractivity contribution in [2.45, 2.75) is 44.7 Å². The summed E-state index contributed by atoms with van der Waals surface area (Å²) < 4.78 is 0. The first-order valence-electron chi connectivity index (χ1n) is 5.26. The van der Waals surface area contributed by atoms with E-state index in [4.69, 9.17) is 16.6 Å². The maximum atomic E-state index is 11.3. The van der Waals surface area contributed by atoms with Crippen LogP contribution >= 0.6 is 0 Å². The number of carboxylic acids is 1. The lowest BCUT2D eigenvalue weighted by atomic mass is 10.0. The van der Waals surface area contributed by atoms with Gasteiger partial charge in [0.2, 0.25) is 5.91 Å². The fourth-order valence-electron chi connectivity index (χ4n) is 1.15. The predicted octanol–water partition coefficient (Wildman–Crippen LogP) is -0.578. The molecular formula is C10H21N3O3. The zero-order chi connectivity index (χ0) is 12.8. The molecule has 0 aliphatic heterocycles. The van der Waals surface area contributed by atoms with Gasteiger partial charge in [-0.1, -0.05) is 0 Å². The molecule has 0 aromatic heterocycles. The Morgan fingerprint density at radius 1 is 1.44 bits per heavy atom. The summed E-state index contributed by atoms with van der Waals surface area (Å²) >= 11 is 0. The molecule has 0 saturated carbocycles. The highest BCUT2D eigenvalue weighted by Gasteiger charge is 2.16. The van der Waals surface area contributed by atoms with Crippen LogP contribution in [0.2, 0.25) is 0 Å². The van der Waals surface area contributed by atoms with Gasteiger partial charge in [-0.05, 0) is 26.7 Å². The number of carbonyl (C=O) groups is 2. The summed E-state index contributed by atoms with van der Waals surface area (Å²) in [6, 6.07) is -0.858. The quantitative estimate of drug-likeness (QED) is 0.437. The number of aliphatic carboxylic acids is 1. The number of carboxylic acid groups (broad SMARTS) is 1. The number of nitrogens with two attached hydrogens (primary N) is 2. The number of amides is 1. The Bertz CT molecular complexity index is 248. The van der Waals surface area contributed by atoms with E-state index in [2.05, 4.69) is 5.32 Å². The van der Waals surface area contributed by atoms with Gasteiger partial charge in [0.25, 0.3) is 0 Å².